The summed E-state index contributed by atoms with van der Waals surface area (Å²) in [6.07, 6.45) is 6.22. The van der Waals surface area contributed by atoms with Crippen LogP contribution in [-0.2, 0) is 21.7 Å². The van der Waals surface area contributed by atoms with Crippen LogP contribution in [0.2, 0.25) is 13.1 Å². The van der Waals surface area contributed by atoms with Crippen LogP contribution in [0, 0.1) is 6.08 Å². The van der Waals surface area contributed by atoms with E-state index in [9.17, 15) is 0 Å². The second-order valence-corrected chi connectivity index (χ2v) is 5.97. The Kier molecular flexibility index (Phi) is 31.3. The molecule has 0 aromatic heterocycles. The Morgan fingerprint density at radius 3 is 1.50 bits per heavy atom. The van der Waals surface area contributed by atoms with Gasteiger partial charge in [-0.15, -0.1) is 43.7 Å². The van der Waals surface area contributed by atoms with E-state index in [-0.39, 0.29) is 52.1 Å². The van der Waals surface area contributed by atoms with Crippen LogP contribution in [0.3, 0.4) is 0 Å². The van der Waals surface area contributed by atoms with Crippen molar-refractivity contribution in [3.63, 3.8) is 0 Å². The second kappa shape index (κ2) is 18.0. The van der Waals surface area contributed by atoms with Crippen LogP contribution < -0.4 is 0 Å². The van der Waals surface area contributed by atoms with E-state index >= 15 is 0 Å². The normalized spacial score (nSPS) is 11.8. The monoisotopic (exact) mass is 344 g/mol. The number of nitrogens with one attached hydrogen (secondary N) is 1. The summed E-state index contributed by atoms with van der Waals surface area (Å²) in [5.41, 5.74) is 9.53. The smallest absolute Gasteiger partial charge is 0.673 e. The molecule has 0 aromatic rings. The van der Waals surface area contributed by atoms with Crippen LogP contribution in [0.15, 0.2) is 17.2 Å². The van der Waals surface area contributed by atoms with E-state index in [1.807, 2.05) is 20.8 Å². The maximum absolute atomic E-state index is 6.94. The SMILES string of the molecule is CC(C)(C)[NH-].CC1=C(C)C[C-]=C1.C[SiH]C.Cl.Cl.[Ti+2]. The predicted octanol–water partition coefficient (Wildman–Crippen LogP) is 5.28. The predicted molar refractivity (Wildman–Crippen MR) is 88.3 cm³/mol. The molecule has 1 aliphatic carbocycles. The van der Waals surface area contributed by atoms with E-state index in [0.29, 0.717) is 0 Å². The zero-order chi connectivity index (χ0) is 12.5. The third-order valence-electron chi connectivity index (χ3n) is 1.36. The molecule has 0 heterocycles. The minimum Gasteiger partial charge on any atom is -0.673 e. The van der Waals surface area contributed by atoms with Gasteiger partial charge < -0.3 is 5.73 Å². The largest absolute Gasteiger partial charge is 2.00 e. The van der Waals surface area contributed by atoms with Crippen molar-refractivity contribution >= 4 is 34.3 Å². The number of rotatable bonds is 0. The van der Waals surface area contributed by atoms with Crippen molar-refractivity contribution < 1.29 is 21.7 Å². The van der Waals surface area contributed by atoms with Gasteiger partial charge in [-0.3, -0.25) is 6.08 Å². The fraction of sp³-hybridized carbons (Fsp3) is 0.692. The molecule has 0 unspecified atom stereocenters. The van der Waals surface area contributed by atoms with Gasteiger partial charge in [0.2, 0.25) is 0 Å². The molecule has 0 spiro atoms. The summed E-state index contributed by atoms with van der Waals surface area (Å²) in [6.45, 7) is 14.2. The molecule has 1 aliphatic rings. The van der Waals surface area contributed by atoms with Crippen molar-refractivity contribution in [2.75, 3.05) is 0 Å². The third kappa shape index (κ3) is 36.0. The van der Waals surface area contributed by atoms with Gasteiger partial charge in [-0.25, -0.2) is 11.6 Å². The van der Waals surface area contributed by atoms with E-state index in [1.165, 1.54) is 11.1 Å². The summed E-state index contributed by atoms with van der Waals surface area (Å²) < 4.78 is 0. The first-order chi connectivity index (χ1) is 6.72. The molecule has 0 saturated heterocycles. The summed E-state index contributed by atoms with van der Waals surface area (Å²) in [6, 6.07) is 0. The molecule has 5 heteroatoms. The van der Waals surface area contributed by atoms with Gasteiger partial charge in [-0.2, -0.15) is 5.57 Å². The first-order valence-corrected chi connectivity index (χ1v) is 7.75. The summed E-state index contributed by atoms with van der Waals surface area (Å²) in [5, 5.41) is 0. The molecule has 18 heavy (non-hydrogen) atoms. The molecular formula is C13H28Cl2NSiTi. The molecule has 0 amide bonds. The fourth-order valence-electron chi connectivity index (χ4n) is 0.620. The van der Waals surface area contributed by atoms with E-state index in [0.717, 1.165) is 15.9 Å². The first-order valence-electron chi connectivity index (χ1n) is 5.44. The van der Waals surface area contributed by atoms with Gasteiger partial charge in [0.15, 0.2) is 0 Å². The molecule has 0 aliphatic heterocycles. The van der Waals surface area contributed by atoms with E-state index < -0.39 is 0 Å². The Bertz CT molecular complexity index is 218. The van der Waals surface area contributed by atoms with Crippen molar-refractivity contribution in [3.8, 4) is 0 Å². The maximum Gasteiger partial charge on any atom is 2.00 e. The molecule has 1 rings (SSSR count). The quantitative estimate of drug-likeness (QED) is 0.421. The fourth-order valence-corrected chi connectivity index (χ4v) is 0.620. The van der Waals surface area contributed by atoms with Crippen molar-refractivity contribution in [2.24, 2.45) is 0 Å². The second-order valence-electron chi connectivity index (χ2n) is 4.82. The summed E-state index contributed by atoms with van der Waals surface area (Å²) in [7, 11) is 0.750. The van der Waals surface area contributed by atoms with Gasteiger partial charge in [0.1, 0.15) is 0 Å². The Hall–Kier alpha value is 0.951. The van der Waals surface area contributed by atoms with Crippen molar-refractivity contribution in [3.05, 3.63) is 29.0 Å². The Balaban J connectivity index is -0.0000000467. The molecular weight excluding hydrogens is 317 g/mol. The minimum atomic E-state index is -0.250. The summed E-state index contributed by atoms with van der Waals surface area (Å²) >= 11 is 0. The van der Waals surface area contributed by atoms with Crippen molar-refractivity contribution in [1.82, 2.24) is 0 Å². The molecule has 1 radical (unpaired) electrons. The van der Waals surface area contributed by atoms with Gasteiger partial charge in [-0.05, 0) is 0 Å². The molecule has 0 bridgehead atoms. The van der Waals surface area contributed by atoms with Crippen LogP contribution in [0.4, 0.5) is 0 Å². The Morgan fingerprint density at radius 1 is 1.17 bits per heavy atom. The minimum absolute atomic E-state index is 0. The average molecular weight is 345 g/mol. The number of allylic oxidation sites excluding steroid dienone is 4. The van der Waals surface area contributed by atoms with E-state index in [4.69, 9.17) is 5.73 Å². The van der Waals surface area contributed by atoms with Crippen molar-refractivity contribution in [2.45, 2.75) is 59.7 Å². The van der Waals surface area contributed by atoms with Crippen molar-refractivity contribution in [1.29, 1.82) is 0 Å². The van der Waals surface area contributed by atoms with E-state index in [1.54, 1.807) is 0 Å². The Labute approximate surface area is 144 Å². The number of hydrogen-bond donors (Lipinski definition) is 0. The van der Waals surface area contributed by atoms with Gasteiger partial charge >= 0.3 is 21.7 Å². The number of hydrogen-bond acceptors (Lipinski definition) is 0. The van der Waals surface area contributed by atoms with E-state index in [2.05, 4.69) is 39.1 Å². The van der Waals surface area contributed by atoms with Gasteiger partial charge in [-0.1, -0.05) is 40.8 Å². The van der Waals surface area contributed by atoms with Crippen LogP contribution in [0.5, 0.6) is 0 Å². The average Bonchev–Trinajstić information content (AvgIpc) is 2.34. The van der Waals surface area contributed by atoms with Crippen LogP contribution in [0.1, 0.15) is 41.0 Å². The topological polar surface area (TPSA) is 23.8 Å². The first kappa shape index (κ1) is 31.4. The Morgan fingerprint density at radius 2 is 1.44 bits per heavy atom. The molecule has 0 fully saturated rings. The zero-order valence-electron chi connectivity index (χ0n) is 12.7. The van der Waals surface area contributed by atoms with Crippen LogP contribution >= 0.6 is 24.8 Å². The molecule has 0 atom stereocenters. The molecule has 1 nitrogen and oxygen atoms in total. The summed E-state index contributed by atoms with van der Waals surface area (Å²) in [5.74, 6) is 0. The zero-order valence-corrected chi connectivity index (χ0v) is 17.0. The third-order valence-corrected chi connectivity index (χ3v) is 1.36. The number of halogens is 2. The molecule has 0 aromatic carbocycles. The standard InChI is InChI=1S/C7H9.C4H10N.C2H7Si.2ClH.Ti/c1-6-4-3-5-7(6)2;1-4(2,3)5;1-3-2;;;/h4H,5H2,1-2H3;5H,1-3H3;3H,1-2H3;2*1H;/q2*-1;;;;+2. The van der Waals surface area contributed by atoms with Crippen LogP contribution in [-0.4, -0.2) is 15.1 Å². The summed E-state index contributed by atoms with van der Waals surface area (Å²) in [4.78, 5) is 0. The van der Waals surface area contributed by atoms with Crippen LogP contribution in [0.25, 0.3) is 5.73 Å². The molecule has 1 N–H and O–H groups in total. The van der Waals surface area contributed by atoms with Gasteiger partial charge in [0, 0.05) is 9.52 Å². The molecule has 107 valence electrons. The molecule has 0 saturated carbocycles. The maximum atomic E-state index is 6.94. The van der Waals surface area contributed by atoms with Gasteiger partial charge in [0.25, 0.3) is 0 Å². The van der Waals surface area contributed by atoms with Gasteiger partial charge in [0.05, 0.1) is 0 Å².